The van der Waals surface area contributed by atoms with Crippen LogP contribution in [0.15, 0.2) is 29.2 Å². The number of benzene rings is 1. The summed E-state index contributed by atoms with van der Waals surface area (Å²) in [5, 5.41) is 8.56. The van der Waals surface area contributed by atoms with Crippen molar-refractivity contribution in [3.05, 3.63) is 29.8 Å². The van der Waals surface area contributed by atoms with E-state index in [9.17, 15) is 18.0 Å². The molecule has 19 heteroatoms. The number of carbonyl (C=O) groups is 2. The number of rotatable bonds is 43. The van der Waals surface area contributed by atoms with E-state index in [0.717, 1.165) is 5.56 Å². The molecule has 0 saturated heterocycles. The smallest absolute Gasteiger partial charge is 0.305 e. The van der Waals surface area contributed by atoms with Gasteiger partial charge in [0.05, 0.1) is 157 Å². The van der Waals surface area contributed by atoms with Crippen molar-refractivity contribution >= 4 is 22.1 Å². The van der Waals surface area contributed by atoms with Gasteiger partial charge in [-0.05, 0) is 31.9 Å². The van der Waals surface area contributed by atoms with Crippen LogP contribution in [0.3, 0.4) is 0 Å². The fourth-order valence-electron chi connectivity index (χ4n) is 4.11. The molecular weight excluding hydrogens is 764 g/mol. The Balaban J connectivity index is 1.66. The predicted octanol–water partition coefficient (Wildman–Crippen LogP) is 2.07. The number of esters is 1. The Bertz CT molecular complexity index is 1150. The summed E-state index contributed by atoms with van der Waals surface area (Å²) in [7, 11) is -3.79. The van der Waals surface area contributed by atoms with Crippen LogP contribution in [-0.2, 0) is 80.7 Å². The Morgan fingerprint density at radius 3 is 1.05 bits per heavy atom. The van der Waals surface area contributed by atoms with Crippen LogP contribution in [0.1, 0.15) is 31.2 Å². The molecule has 0 saturated carbocycles. The topological polar surface area (TPSA) is 208 Å². The summed E-state index contributed by atoms with van der Waals surface area (Å²) >= 11 is 0. The van der Waals surface area contributed by atoms with Gasteiger partial charge in [-0.15, -0.1) is 0 Å². The first-order valence-electron chi connectivity index (χ1n) is 19.0. The first-order chi connectivity index (χ1) is 27.3. The van der Waals surface area contributed by atoms with Crippen LogP contribution < -0.4 is 0 Å². The number of carboxylic acid groups (broad SMARTS) is 1. The molecule has 0 unspecified atom stereocenters. The Labute approximate surface area is 331 Å². The second-order valence-electron chi connectivity index (χ2n) is 11.6. The molecule has 0 atom stereocenters. The van der Waals surface area contributed by atoms with Crippen molar-refractivity contribution in [2.24, 2.45) is 0 Å². The van der Waals surface area contributed by atoms with Gasteiger partial charge in [-0.3, -0.25) is 13.8 Å². The maximum Gasteiger partial charge on any atom is 0.305 e. The standard InChI is InChI=1S/C37H64O18S/c1-34-6-8-35(9-7-34)56(41,42)55-33-31-53-29-27-51-25-23-49-21-19-47-17-15-45-13-11-43-10-12-44-14-16-46-18-20-48-22-24-50-26-28-52-30-32-54-37(40)5-3-2-4-36(38)39/h6-9H,2-5,10-33H2,1H3,(H,38,39). The minimum atomic E-state index is -3.79. The van der Waals surface area contributed by atoms with Crippen LogP contribution in [0.25, 0.3) is 0 Å². The molecule has 56 heavy (non-hydrogen) atoms. The first-order valence-corrected chi connectivity index (χ1v) is 20.4. The van der Waals surface area contributed by atoms with E-state index < -0.39 is 16.1 Å². The SMILES string of the molecule is Cc1ccc(S(=O)(=O)OCCOCCOCCOCCOCCOCCOCCOCCOCCOCCOCCOCCOC(=O)CCCCC(=O)O)cc1. The Hall–Kier alpha value is -2.37. The molecule has 18 nitrogen and oxygen atoms in total. The number of unbranched alkanes of at least 4 members (excludes halogenated alkanes) is 1. The molecule has 0 radical (unpaired) electrons. The third-order valence-electron chi connectivity index (χ3n) is 7.01. The summed E-state index contributed by atoms with van der Waals surface area (Å²) in [5.74, 6) is -1.22. The Morgan fingerprint density at radius 1 is 0.446 bits per heavy atom. The molecular formula is C37H64O18S. The van der Waals surface area contributed by atoms with Crippen molar-refractivity contribution in [2.45, 2.75) is 37.5 Å². The highest BCUT2D eigenvalue weighted by molar-refractivity contribution is 7.86. The maximum absolute atomic E-state index is 12.1. The number of aryl methyl sites for hydroxylation is 1. The molecule has 0 heterocycles. The van der Waals surface area contributed by atoms with Crippen LogP contribution in [0.5, 0.6) is 0 Å². The summed E-state index contributed by atoms with van der Waals surface area (Å²) in [6, 6.07) is 6.46. The average molecular weight is 829 g/mol. The molecule has 0 fully saturated rings. The molecule has 0 aliphatic rings. The molecule has 0 bridgehead atoms. The lowest BCUT2D eigenvalue weighted by molar-refractivity contribution is -0.146. The lowest BCUT2D eigenvalue weighted by atomic mass is 10.2. The Kier molecular flexibility index (Phi) is 35.2. The van der Waals surface area contributed by atoms with Crippen molar-refractivity contribution < 1.29 is 84.1 Å². The van der Waals surface area contributed by atoms with Crippen LogP contribution in [0.2, 0.25) is 0 Å². The largest absolute Gasteiger partial charge is 0.481 e. The van der Waals surface area contributed by atoms with Gasteiger partial charge in [-0.1, -0.05) is 17.7 Å². The second-order valence-corrected chi connectivity index (χ2v) is 13.3. The van der Waals surface area contributed by atoms with E-state index in [2.05, 4.69) is 0 Å². The van der Waals surface area contributed by atoms with Gasteiger partial charge in [-0.2, -0.15) is 8.42 Å². The number of carboxylic acids is 1. The molecule has 0 aromatic heterocycles. The zero-order valence-electron chi connectivity index (χ0n) is 32.9. The zero-order chi connectivity index (χ0) is 40.6. The summed E-state index contributed by atoms with van der Waals surface area (Å²) in [6.07, 6.45) is 1.21. The molecule has 1 aromatic carbocycles. The minimum Gasteiger partial charge on any atom is -0.481 e. The third kappa shape index (κ3) is 34.8. The molecule has 1 N–H and O–H groups in total. The summed E-state index contributed by atoms with van der Waals surface area (Å²) in [6.45, 7) is 11.0. The fraction of sp³-hybridized carbons (Fsp3) is 0.784. The molecule has 0 aliphatic carbocycles. The van der Waals surface area contributed by atoms with Crippen molar-refractivity contribution in [1.82, 2.24) is 0 Å². The van der Waals surface area contributed by atoms with Crippen molar-refractivity contribution in [2.75, 3.05) is 159 Å². The summed E-state index contributed by atoms with van der Waals surface area (Å²) in [4.78, 5) is 22.0. The number of carbonyl (C=O) groups excluding carboxylic acids is 1. The van der Waals surface area contributed by atoms with Gasteiger partial charge in [0.1, 0.15) is 6.61 Å². The molecule has 0 spiro atoms. The molecule has 0 amide bonds. The van der Waals surface area contributed by atoms with E-state index in [1.54, 1.807) is 12.1 Å². The van der Waals surface area contributed by atoms with Gasteiger partial charge in [0, 0.05) is 12.8 Å². The van der Waals surface area contributed by atoms with E-state index in [1.165, 1.54) is 12.1 Å². The molecule has 1 rings (SSSR count). The van der Waals surface area contributed by atoms with Crippen LogP contribution in [0, 0.1) is 6.92 Å². The van der Waals surface area contributed by atoms with Crippen LogP contribution >= 0.6 is 0 Å². The van der Waals surface area contributed by atoms with Gasteiger partial charge in [-0.25, -0.2) is 0 Å². The van der Waals surface area contributed by atoms with Gasteiger partial charge < -0.3 is 61.9 Å². The van der Waals surface area contributed by atoms with Gasteiger partial charge in [0.2, 0.25) is 0 Å². The van der Waals surface area contributed by atoms with E-state index in [4.69, 9.17) is 66.1 Å². The number of hydrogen-bond donors (Lipinski definition) is 1. The van der Waals surface area contributed by atoms with E-state index in [-0.39, 0.29) is 50.1 Å². The highest BCUT2D eigenvalue weighted by atomic mass is 32.2. The van der Waals surface area contributed by atoms with E-state index in [0.29, 0.717) is 145 Å². The summed E-state index contributed by atoms with van der Waals surface area (Å²) in [5.41, 5.74) is 0.968. The molecule has 0 aliphatic heterocycles. The quantitative estimate of drug-likeness (QED) is 0.0568. The van der Waals surface area contributed by atoms with E-state index >= 15 is 0 Å². The highest BCUT2D eigenvalue weighted by Crippen LogP contribution is 2.13. The van der Waals surface area contributed by atoms with Gasteiger partial charge >= 0.3 is 11.9 Å². The minimum absolute atomic E-state index is 0.0531. The highest BCUT2D eigenvalue weighted by Gasteiger charge is 2.14. The van der Waals surface area contributed by atoms with Crippen LogP contribution in [0.4, 0.5) is 0 Å². The summed E-state index contributed by atoms with van der Waals surface area (Å²) < 4.78 is 93.9. The molecule has 1 aromatic rings. The van der Waals surface area contributed by atoms with Crippen molar-refractivity contribution in [3.63, 3.8) is 0 Å². The Morgan fingerprint density at radius 2 is 0.732 bits per heavy atom. The normalized spacial score (nSPS) is 11.7. The molecule has 326 valence electrons. The third-order valence-corrected chi connectivity index (χ3v) is 8.33. The monoisotopic (exact) mass is 828 g/mol. The average Bonchev–Trinajstić information content (AvgIpc) is 3.17. The zero-order valence-corrected chi connectivity index (χ0v) is 33.7. The van der Waals surface area contributed by atoms with Gasteiger partial charge in [0.15, 0.2) is 0 Å². The number of hydrogen-bond acceptors (Lipinski definition) is 17. The van der Waals surface area contributed by atoms with Gasteiger partial charge in [0.25, 0.3) is 10.1 Å². The number of ether oxygens (including phenoxy) is 12. The van der Waals surface area contributed by atoms with Crippen LogP contribution in [-0.4, -0.2) is 184 Å². The van der Waals surface area contributed by atoms with Crippen molar-refractivity contribution in [3.8, 4) is 0 Å². The first kappa shape index (κ1) is 51.6. The lowest BCUT2D eigenvalue weighted by Crippen LogP contribution is -2.16. The van der Waals surface area contributed by atoms with Crippen molar-refractivity contribution in [1.29, 1.82) is 0 Å². The maximum atomic E-state index is 12.1. The fourth-order valence-corrected chi connectivity index (χ4v) is 5.00. The second kappa shape index (κ2) is 38.2. The number of aliphatic carboxylic acids is 1. The lowest BCUT2D eigenvalue weighted by Gasteiger charge is -2.09. The van der Waals surface area contributed by atoms with E-state index in [1.807, 2.05) is 6.92 Å². The predicted molar refractivity (Wildman–Crippen MR) is 200 cm³/mol.